The highest BCUT2D eigenvalue weighted by Gasteiger charge is 2.49. The van der Waals surface area contributed by atoms with Crippen molar-refractivity contribution in [3.05, 3.63) is 77.4 Å². The minimum absolute atomic E-state index is 0.314. The molecular formula is C28H31N3O4. The SMILES string of the molecule is COc1ccc2cc(CN(C)C(=O)CN3C(=O)NC(C)(c4ccc(C(C)C)cc4)C3=O)ccc2c1. The first-order valence-corrected chi connectivity index (χ1v) is 11.7. The van der Waals surface area contributed by atoms with Crippen LogP contribution in [0.5, 0.6) is 5.75 Å². The number of benzene rings is 3. The van der Waals surface area contributed by atoms with E-state index in [1.54, 1.807) is 21.1 Å². The number of amides is 4. The van der Waals surface area contributed by atoms with Crippen molar-refractivity contribution in [3.63, 3.8) is 0 Å². The van der Waals surface area contributed by atoms with E-state index in [0.29, 0.717) is 18.0 Å². The third kappa shape index (κ3) is 4.71. The molecule has 3 aromatic rings. The van der Waals surface area contributed by atoms with Crippen LogP contribution in [0.15, 0.2) is 60.7 Å². The molecule has 3 aromatic carbocycles. The molecule has 0 spiro atoms. The van der Waals surface area contributed by atoms with Crippen molar-refractivity contribution in [3.8, 4) is 5.75 Å². The molecule has 1 saturated heterocycles. The Hall–Kier alpha value is -3.87. The predicted molar refractivity (Wildman–Crippen MR) is 135 cm³/mol. The first-order chi connectivity index (χ1) is 16.6. The standard InChI is InChI=1S/C28H31N3O4/c1-18(2)20-8-11-23(12-9-20)28(3)26(33)31(27(34)29-28)17-25(32)30(4)16-19-6-7-22-15-24(35-5)13-10-21(22)14-19/h6-15,18H,16-17H2,1-5H3,(H,29,34). The number of urea groups is 1. The molecule has 1 aliphatic rings. The molecule has 1 fully saturated rings. The van der Waals surface area contributed by atoms with E-state index in [2.05, 4.69) is 19.2 Å². The van der Waals surface area contributed by atoms with Crippen molar-refractivity contribution >= 4 is 28.6 Å². The van der Waals surface area contributed by atoms with Crippen LogP contribution in [0, 0.1) is 0 Å². The van der Waals surface area contributed by atoms with E-state index in [9.17, 15) is 14.4 Å². The first-order valence-electron chi connectivity index (χ1n) is 11.7. The number of rotatable bonds is 7. The normalized spacial score (nSPS) is 17.7. The number of nitrogens with one attached hydrogen (secondary N) is 1. The molecule has 1 N–H and O–H groups in total. The van der Waals surface area contributed by atoms with E-state index >= 15 is 0 Å². The van der Waals surface area contributed by atoms with E-state index in [4.69, 9.17) is 4.74 Å². The summed E-state index contributed by atoms with van der Waals surface area (Å²) >= 11 is 0. The number of hydrogen-bond acceptors (Lipinski definition) is 4. The van der Waals surface area contributed by atoms with Crippen LogP contribution in [-0.2, 0) is 21.7 Å². The van der Waals surface area contributed by atoms with Gasteiger partial charge in [0.2, 0.25) is 5.91 Å². The van der Waals surface area contributed by atoms with Crippen molar-refractivity contribution in [2.24, 2.45) is 0 Å². The van der Waals surface area contributed by atoms with Gasteiger partial charge in [0.25, 0.3) is 5.91 Å². The van der Waals surface area contributed by atoms with Gasteiger partial charge in [-0.25, -0.2) is 4.79 Å². The van der Waals surface area contributed by atoms with E-state index in [1.165, 1.54) is 4.90 Å². The zero-order valence-corrected chi connectivity index (χ0v) is 20.8. The highest BCUT2D eigenvalue weighted by atomic mass is 16.5. The maximum Gasteiger partial charge on any atom is 0.325 e. The molecule has 4 rings (SSSR count). The van der Waals surface area contributed by atoms with Crippen LogP contribution >= 0.6 is 0 Å². The van der Waals surface area contributed by atoms with Crippen molar-refractivity contribution in [1.29, 1.82) is 0 Å². The summed E-state index contributed by atoms with van der Waals surface area (Å²) in [6.45, 7) is 5.91. The second-order valence-corrected chi connectivity index (χ2v) is 9.52. The molecule has 0 aromatic heterocycles. The Balaban J connectivity index is 1.44. The van der Waals surface area contributed by atoms with Gasteiger partial charge in [0.05, 0.1) is 7.11 Å². The molecule has 0 radical (unpaired) electrons. The smallest absolute Gasteiger partial charge is 0.325 e. The number of imide groups is 1. The number of likely N-dealkylation sites (N-methyl/N-ethyl adjacent to an activating group) is 1. The van der Waals surface area contributed by atoms with Crippen molar-refractivity contribution in [1.82, 2.24) is 15.1 Å². The van der Waals surface area contributed by atoms with Gasteiger partial charge < -0.3 is 15.0 Å². The van der Waals surface area contributed by atoms with E-state index in [1.807, 2.05) is 60.7 Å². The van der Waals surface area contributed by atoms with E-state index < -0.39 is 17.5 Å². The fourth-order valence-corrected chi connectivity index (χ4v) is 4.35. The van der Waals surface area contributed by atoms with Crippen LogP contribution in [0.4, 0.5) is 4.79 Å². The largest absolute Gasteiger partial charge is 0.497 e. The second-order valence-electron chi connectivity index (χ2n) is 9.52. The summed E-state index contributed by atoms with van der Waals surface area (Å²) in [7, 11) is 3.30. The quantitative estimate of drug-likeness (QED) is 0.516. The van der Waals surface area contributed by atoms with Crippen LogP contribution in [0.25, 0.3) is 10.8 Å². The monoisotopic (exact) mass is 473 g/mol. The molecule has 35 heavy (non-hydrogen) atoms. The average molecular weight is 474 g/mol. The third-order valence-electron chi connectivity index (χ3n) is 6.68. The summed E-state index contributed by atoms with van der Waals surface area (Å²) in [5.41, 5.74) is 1.59. The molecule has 7 heteroatoms. The van der Waals surface area contributed by atoms with Gasteiger partial charge in [-0.3, -0.25) is 14.5 Å². The molecule has 1 aliphatic heterocycles. The van der Waals surface area contributed by atoms with E-state index in [0.717, 1.165) is 32.5 Å². The number of ether oxygens (including phenoxy) is 1. The fraction of sp³-hybridized carbons (Fsp3) is 0.321. The zero-order valence-electron chi connectivity index (χ0n) is 20.8. The van der Waals surface area contributed by atoms with Crippen LogP contribution in [0.3, 0.4) is 0 Å². The van der Waals surface area contributed by atoms with Gasteiger partial charge in [-0.2, -0.15) is 0 Å². The maximum atomic E-state index is 13.2. The summed E-state index contributed by atoms with van der Waals surface area (Å²) in [6.07, 6.45) is 0. The van der Waals surface area contributed by atoms with Crippen LogP contribution in [0.1, 0.15) is 43.4 Å². The fourth-order valence-electron chi connectivity index (χ4n) is 4.35. The van der Waals surface area contributed by atoms with Gasteiger partial charge in [0.15, 0.2) is 0 Å². The summed E-state index contributed by atoms with van der Waals surface area (Å²) < 4.78 is 5.27. The van der Waals surface area contributed by atoms with Gasteiger partial charge >= 0.3 is 6.03 Å². The lowest BCUT2D eigenvalue weighted by atomic mass is 9.90. The summed E-state index contributed by atoms with van der Waals surface area (Å²) in [6, 6.07) is 18.9. The number of carbonyl (C=O) groups is 3. The summed E-state index contributed by atoms with van der Waals surface area (Å²) in [4.78, 5) is 41.4. The minimum atomic E-state index is -1.20. The van der Waals surface area contributed by atoms with Gasteiger partial charge in [-0.05, 0) is 58.5 Å². The number of carbonyl (C=O) groups excluding carboxylic acids is 3. The lowest BCUT2D eigenvalue weighted by Crippen LogP contribution is -2.43. The predicted octanol–water partition coefficient (Wildman–Crippen LogP) is 4.40. The lowest BCUT2D eigenvalue weighted by molar-refractivity contribution is -0.138. The molecule has 4 amide bonds. The van der Waals surface area contributed by atoms with E-state index in [-0.39, 0.29) is 12.5 Å². The van der Waals surface area contributed by atoms with Crippen LogP contribution < -0.4 is 10.1 Å². The van der Waals surface area contributed by atoms with Crippen LogP contribution in [-0.4, -0.2) is 48.3 Å². The lowest BCUT2D eigenvalue weighted by Gasteiger charge is -2.24. The zero-order chi connectivity index (χ0) is 25.3. The minimum Gasteiger partial charge on any atom is -0.497 e. The number of methoxy groups -OCH3 is 1. The van der Waals surface area contributed by atoms with Crippen LogP contribution in [0.2, 0.25) is 0 Å². The number of hydrogen-bond donors (Lipinski definition) is 1. The topological polar surface area (TPSA) is 79.0 Å². The number of fused-ring (bicyclic) bond motifs is 1. The third-order valence-corrected chi connectivity index (χ3v) is 6.68. The Kier molecular flexibility index (Phi) is 6.52. The van der Waals surface area contributed by atoms with Gasteiger partial charge in [0, 0.05) is 13.6 Å². The molecule has 0 aliphatic carbocycles. The van der Waals surface area contributed by atoms with Crippen molar-refractivity contribution in [2.45, 2.75) is 38.8 Å². The molecular weight excluding hydrogens is 442 g/mol. The van der Waals surface area contributed by atoms with Gasteiger partial charge in [0.1, 0.15) is 17.8 Å². The van der Waals surface area contributed by atoms with Crippen molar-refractivity contribution in [2.75, 3.05) is 20.7 Å². The molecule has 1 atom stereocenters. The van der Waals surface area contributed by atoms with Gasteiger partial charge in [-0.1, -0.05) is 56.3 Å². The molecule has 0 saturated carbocycles. The Morgan fingerprint density at radius 3 is 2.34 bits per heavy atom. The summed E-state index contributed by atoms with van der Waals surface area (Å²) in [5, 5.41) is 4.86. The average Bonchev–Trinajstić information content (AvgIpc) is 3.07. The second kappa shape index (κ2) is 9.41. The van der Waals surface area contributed by atoms with Gasteiger partial charge in [-0.15, -0.1) is 0 Å². The highest BCUT2D eigenvalue weighted by Crippen LogP contribution is 2.30. The summed E-state index contributed by atoms with van der Waals surface area (Å²) in [5.74, 6) is 0.402. The number of nitrogens with zero attached hydrogens (tertiary/aromatic N) is 2. The van der Waals surface area contributed by atoms with Crippen molar-refractivity contribution < 1.29 is 19.1 Å². The molecule has 1 unspecified atom stereocenters. The molecule has 7 nitrogen and oxygen atoms in total. The Labute approximate surface area is 205 Å². The maximum absolute atomic E-state index is 13.2. The highest BCUT2D eigenvalue weighted by molar-refractivity contribution is 6.09. The molecule has 1 heterocycles. The molecule has 182 valence electrons. The Bertz CT molecular complexity index is 1290. The first kappa shape index (κ1) is 24.3. The molecule has 0 bridgehead atoms. The Morgan fingerprint density at radius 2 is 1.69 bits per heavy atom. The Morgan fingerprint density at radius 1 is 1.03 bits per heavy atom.